The summed E-state index contributed by atoms with van der Waals surface area (Å²) in [6, 6.07) is 6.08. The number of ether oxygens (including phenoxy) is 2. The molecule has 30 heavy (non-hydrogen) atoms. The summed E-state index contributed by atoms with van der Waals surface area (Å²) in [5.74, 6) is 0.550. The van der Waals surface area contributed by atoms with Crippen molar-refractivity contribution in [3.63, 3.8) is 0 Å². The summed E-state index contributed by atoms with van der Waals surface area (Å²) in [5.41, 5.74) is 0.780. The minimum absolute atomic E-state index is 0.0569. The van der Waals surface area contributed by atoms with Crippen molar-refractivity contribution >= 4 is 29.3 Å². The number of hydrogen-bond donors (Lipinski definition) is 1. The summed E-state index contributed by atoms with van der Waals surface area (Å²) in [5, 5.41) is 4.40. The Morgan fingerprint density at radius 1 is 1.20 bits per heavy atom. The molecule has 1 aliphatic heterocycles. The molecular formula is C20H21F2N4O3P. The van der Waals surface area contributed by atoms with Crippen LogP contribution in [0.3, 0.4) is 0 Å². The van der Waals surface area contributed by atoms with E-state index in [1.165, 1.54) is 6.07 Å². The van der Waals surface area contributed by atoms with Gasteiger partial charge in [0.1, 0.15) is 31.9 Å². The number of nitrogens with zero attached hydrogens (tertiary/aromatic N) is 3. The van der Waals surface area contributed by atoms with E-state index >= 15 is 0 Å². The molecule has 1 aliphatic rings. The predicted octanol–water partition coefficient (Wildman–Crippen LogP) is 4.15. The third-order valence-corrected chi connectivity index (χ3v) is 6.32. The number of rotatable bonds is 2. The van der Waals surface area contributed by atoms with Crippen LogP contribution in [-0.4, -0.2) is 41.5 Å². The summed E-state index contributed by atoms with van der Waals surface area (Å²) in [6.45, 7) is 5.28. The van der Waals surface area contributed by atoms with E-state index in [2.05, 4.69) is 20.3 Å². The molecule has 4 rings (SSSR count). The molecule has 0 saturated carbocycles. The number of nitrogens with one attached hydrogen (secondary N) is 1. The Balaban J connectivity index is 1.86. The highest BCUT2D eigenvalue weighted by atomic mass is 31.2. The predicted molar refractivity (Wildman–Crippen MR) is 111 cm³/mol. The van der Waals surface area contributed by atoms with Gasteiger partial charge in [-0.1, -0.05) is 12.1 Å². The lowest BCUT2D eigenvalue weighted by Crippen LogP contribution is -2.13. The number of fused-ring (bicyclic) bond motifs is 5. The van der Waals surface area contributed by atoms with E-state index in [0.717, 1.165) is 0 Å². The second kappa shape index (κ2) is 7.80. The zero-order chi connectivity index (χ0) is 21.5. The summed E-state index contributed by atoms with van der Waals surface area (Å²) in [7, 11) is -2.55. The van der Waals surface area contributed by atoms with Crippen LogP contribution in [0.2, 0.25) is 0 Å². The molecule has 1 N–H and O–H groups in total. The molecule has 0 aliphatic carbocycles. The fourth-order valence-corrected chi connectivity index (χ4v) is 4.04. The van der Waals surface area contributed by atoms with Crippen LogP contribution < -0.4 is 20.1 Å². The minimum Gasteiger partial charge on any atom is -0.489 e. The maximum Gasteiger partial charge on any atom is 0.320 e. The summed E-state index contributed by atoms with van der Waals surface area (Å²) < 4.78 is 50.8. The number of para-hydroxylation sites is 1. The van der Waals surface area contributed by atoms with E-state index in [-0.39, 0.29) is 30.5 Å². The maximum atomic E-state index is 13.5. The number of benzene rings is 1. The molecule has 7 nitrogen and oxygen atoms in total. The fraction of sp³-hybridized carbons (Fsp3) is 0.350. The van der Waals surface area contributed by atoms with Crippen LogP contribution in [0.25, 0.3) is 11.0 Å². The van der Waals surface area contributed by atoms with Gasteiger partial charge in [0.25, 0.3) is 6.43 Å². The topological polar surface area (TPSA) is 86.2 Å². The number of anilines is 1. The molecule has 158 valence electrons. The number of hydrogen-bond acceptors (Lipinski definition) is 7. The highest BCUT2D eigenvalue weighted by Crippen LogP contribution is 2.38. The quantitative estimate of drug-likeness (QED) is 0.607. The third-order valence-electron chi connectivity index (χ3n) is 4.83. The Hall–Kier alpha value is -2.80. The van der Waals surface area contributed by atoms with Gasteiger partial charge in [0.2, 0.25) is 0 Å². The van der Waals surface area contributed by atoms with Crippen molar-refractivity contribution in [1.82, 2.24) is 15.0 Å². The van der Waals surface area contributed by atoms with Gasteiger partial charge >= 0.3 is 6.01 Å². The smallest absolute Gasteiger partial charge is 0.320 e. The van der Waals surface area contributed by atoms with Crippen LogP contribution in [0.5, 0.6) is 11.8 Å². The monoisotopic (exact) mass is 434 g/mol. The lowest BCUT2D eigenvalue weighted by molar-refractivity contribution is 0.141. The van der Waals surface area contributed by atoms with Gasteiger partial charge in [0, 0.05) is 17.1 Å². The first kappa shape index (κ1) is 20.5. The Labute approximate surface area is 172 Å². The van der Waals surface area contributed by atoms with Gasteiger partial charge in [-0.25, -0.2) is 13.8 Å². The highest BCUT2D eigenvalue weighted by Gasteiger charge is 2.23. The molecule has 3 aromatic rings. The van der Waals surface area contributed by atoms with Gasteiger partial charge < -0.3 is 19.4 Å². The molecule has 0 radical (unpaired) electrons. The van der Waals surface area contributed by atoms with Crippen LogP contribution in [0.15, 0.2) is 30.5 Å². The van der Waals surface area contributed by atoms with Crippen LogP contribution in [0, 0.1) is 0 Å². The average Bonchev–Trinajstić information content (AvgIpc) is 2.71. The van der Waals surface area contributed by atoms with Gasteiger partial charge in [0.15, 0.2) is 5.65 Å². The van der Waals surface area contributed by atoms with E-state index in [4.69, 9.17) is 9.47 Å². The molecule has 0 unspecified atom stereocenters. The van der Waals surface area contributed by atoms with E-state index in [1.807, 2.05) is 6.92 Å². The molecule has 0 fully saturated rings. The van der Waals surface area contributed by atoms with Gasteiger partial charge in [-0.3, -0.25) is 0 Å². The molecule has 1 atom stereocenters. The zero-order valence-electron chi connectivity index (χ0n) is 16.7. The molecule has 10 heteroatoms. The van der Waals surface area contributed by atoms with Gasteiger partial charge in [-0.15, -0.1) is 0 Å². The number of pyridine rings is 1. The first-order valence-corrected chi connectivity index (χ1v) is 12.0. The Morgan fingerprint density at radius 3 is 2.70 bits per heavy atom. The minimum atomic E-state index is -2.67. The molecule has 3 heterocycles. The summed E-state index contributed by atoms with van der Waals surface area (Å²) >= 11 is 0. The van der Waals surface area contributed by atoms with Crippen molar-refractivity contribution in [1.29, 1.82) is 0 Å². The first-order chi connectivity index (χ1) is 14.2. The van der Waals surface area contributed by atoms with Crippen molar-refractivity contribution in [3.05, 3.63) is 41.6 Å². The largest absolute Gasteiger partial charge is 0.489 e. The second-order valence-electron chi connectivity index (χ2n) is 7.40. The molecule has 2 aromatic heterocycles. The Bertz CT molecular complexity index is 1150. The van der Waals surface area contributed by atoms with Gasteiger partial charge in [-0.05, 0) is 32.4 Å². The summed E-state index contributed by atoms with van der Waals surface area (Å²) in [6.07, 6.45) is -1.13. The lowest BCUT2D eigenvalue weighted by atomic mass is 10.0. The molecular weight excluding hydrogens is 413 g/mol. The lowest BCUT2D eigenvalue weighted by Gasteiger charge is -2.21. The highest BCUT2D eigenvalue weighted by molar-refractivity contribution is 7.70. The fourth-order valence-electron chi connectivity index (χ4n) is 3.26. The molecule has 0 spiro atoms. The molecule has 1 aromatic carbocycles. The van der Waals surface area contributed by atoms with Crippen LogP contribution in [0.1, 0.15) is 30.5 Å². The molecule has 0 saturated heterocycles. The van der Waals surface area contributed by atoms with Crippen LogP contribution in [0.4, 0.5) is 14.6 Å². The van der Waals surface area contributed by atoms with E-state index < -0.39 is 19.6 Å². The summed E-state index contributed by atoms with van der Waals surface area (Å²) in [4.78, 5) is 13.1. The first-order valence-electron chi connectivity index (χ1n) is 9.40. The van der Waals surface area contributed by atoms with Gasteiger partial charge in [-0.2, -0.15) is 9.97 Å². The standard InChI is InChI=1S/C20H21F2N4O3P/c1-11-13-5-4-6-14(17(21)22)16(13)28-7-8-29-20-25-18-15(19(24-11)26-20)9-12(10-23-18)30(2,3)27/h4-6,9-11,17H,7-8H2,1-3H3,(H,23,24,25,26)/t11-/m1/s1. The zero-order valence-corrected chi connectivity index (χ0v) is 17.6. The van der Waals surface area contributed by atoms with E-state index in [0.29, 0.717) is 27.7 Å². The van der Waals surface area contributed by atoms with Crippen LogP contribution >= 0.6 is 7.14 Å². The normalized spacial score (nSPS) is 16.8. The second-order valence-corrected chi connectivity index (χ2v) is 10.6. The molecule has 0 amide bonds. The number of alkyl halides is 2. The number of halogens is 2. The van der Waals surface area contributed by atoms with Crippen molar-refractivity contribution in [2.24, 2.45) is 0 Å². The van der Waals surface area contributed by atoms with Crippen molar-refractivity contribution in [2.75, 3.05) is 31.9 Å². The van der Waals surface area contributed by atoms with Crippen molar-refractivity contribution < 1.29 is 22.8 Å². The van der Waals surface area contributed by atoms with Crippen molar-refractivity contribution in [2.45, 2.75) is 19.4 Å². The van der Waals surface area contributed by atoms with E-state index in [1.54, 1.807) is 37.7 Å². The Kier molecular flexibility index (Phi) is 5.32. The average molecular weight is 434 g/mol. The SMILES string of the molecule is C[C@H]1Nc2nc(nc3ncc(P(C)(C)=O)cc23)OCCOc2c(C(F)F)cccc21. The maximum absolute atomic E-state index is 13.5. The Morgan fingerprint density at radius 2 is 1.97 bits per heavy atom. The molecule has 2 bridgehead atoms. The van der Waals surface area contributed by atoms with E-state index in [9.17, 15) is 13.3 Å². The number of aromatic nitrogens is 3. The third kappa shape index (κ3) is 3.94. The van der Waals surface area contributed by atoms with Crippen molar-refractivity contribution in [3.8, 4) is 11.8 Å². The van der Waals surface area contributed by atoms with Gasteiger partial charge in [0.05, 0.1) is 17.0 Å². The van der Waals surface area contributed by atoms with Crippen LogP contribution in [-0.2, 0) is 4.57 Å².